The summed E-state index contributed by atoms with van der Waals surface area (Å²) in [6.45, 7) is 1.50. The van der Waals surface area contributed by atoms with Gasteiger partial charge in [-0.3, -0.25) is 24.7 Å². The van der Waals surface area contributed by atoms with Crippen LogP contribution in [0.1, 0.15) is 5.56 Å². The zero-order chi connectivity index (χ0) is 14.6. The Morgan fingerprint density at radius 1 is 1.37 bits per heavy atom. The maximum Gasteiger partial charge on any atom is 0.323 e. The lowest BCUT2D eigenvalue weighted by Crippen LogP contribution is -2.24. The van der Waals surface area contributed by atoms with Gasteiger partial charge in [-0.05, 0) is 13.0 Å². The molecule has 0 saturated carbocycles. The van der Waals surface area contributed by atoms with E-state index in [4.69, 9.17) is 10.2 Å². The van der Waals surface area contributed by atoms with Crippen LogP contribution in [0, 0.1) is 23.0 Å². The van der Waals surface area contributed by atoms with E-state index < -0.39 is 22.8 Å². The molecule has 1 rings (SSSR count). The SMILES string of the molecule is Cc1cccc(N=CC(C(=O)O)C(=O)O)c1[N+](=O)[O-]. The van der Waals surface area contributed by atoms with Crippen molar-refractivity contribution in [2.75, 3.05) is 0 Å². The number of carboxylic acids is 2. The molecule has 0 atom stereocenters. The fraction of sp³-hybridized carbons (Fsp3) is 0.182. The van der Waals surface area contributed by atoms with Crippen LogP contribution in [0.4, 0.5) is 11.4 Å². The Hall–Kier alpha value is -2.77. The van der Waals surface area contributed by atoms with Crippen LogP contribution in [0.5, 0.6) is 0 Å². The molecule has 0 unspecified atom stereocenters. The second-order valence-corrected chi connectivity index (χ2v) is 3.63. The Labute approximate surface area is 107 Å². The van der Waals surface area contributed by atoms with Crippen molar-refractivity contribution in [3.8, 4) is 0 Å². The average Bonchev–Trinajstić information content (AvgIpc) is 2.27. The molecule has 0 heterocycles. The van der Waals surface area contributed by atoms with Crippen molar-refractivity contribution in [1.29, 1.82) is 0 Å². The third-order valence-corrected chi connectivity index (χ3v) is 2.29. The molecule has 0 aliphatic rings. The van der Waals surface area contributed by atoms with Crippen LogP contribution in [0.25, 0.3) is 0 Å². The van der Waals surface area contributed by atoms with Crippen molar-refractivity contribution in [2.24, 2.45) is 10.9 Å². The zero-order valence-electron chi connectivity index (χ0n) is 9.81. The molecule has 1 aromatic carbocycles. The largest absolute Gasteiger partial charge is 0.480 e. The lowest BCUT2D eigenvalue weighted by atomic mass is 10.1. The number of nitro benzene ring substituents is 1. The molecule has 0 saturated heterocycles. The lowest BCUT2D eigenvalue weighted by molar-refractivity contribution is -0.384. The van der Waals surface area contributed by atoms with Gasteiger partial charge in [0.05, 0.1) is 4.92 Å². The Kier molecular flexibility index (Phi) is 4.30. The van der Waals surface area contributed by atoms with Crippen molar-refractivity contribution in [2.45, 2.75) is 6.92 Å². The summed E-state index contributed by atoms with van der Waals surface area (Å²) < 4.78 is 0. The van der Waals surface area contributed by atoms with Crippen LogP contribution >= 0.6 is 0 Å². The van der Waals surface area contributed by atoms with Crippen molar-refractivity contribution in [3.63, 3.8) is 0 Å². The molecule has 19 heavy (non-hydrogen) atoms. The average molecular weight is 266 g/mol. The summed E-state index contributed by atoms with van der Waals surface area (Å²) in [5, 5.41) is 28.2. The number of nitrogens with zero attached hydrogens (tertiary/aromatic N) is 2. The van der Waals surface area contributed by atoms with Crippen LogP contribution in [0.3, 0.4) is 0 Å². The molecular formula is C11H10N2O6. The molecule has 8 nitrogen and oxygen atoms in total. The minimum atomic E-state index is -1.85. The molecule has 0 aromatic heterocycles. The summed E-state index contributed by atoms with van der Waals surface area (Å²) >= 11 is 0. The molecule has 100 valence electrons. The molecule has 0 fully saturated rings. The van der Waals surface area contributed by atoms with Crippen LogP contribution in [-0.4, -0.2) is 33.3 Å². The van der Waals surface area contributed by atoms with E-state index in [9.17, 15) is 19.7 Å². The Balaban J connectivity index is 3.19. The number of nitro groups is 1. The Bertz CT molecular complexity index is 552. The minimum absolute atomic E-state index is 0.0856. The first-order valence-corrected chi connectivity index (χ1v) is 5.08. The quantitative estimate of drug-likeness (QED) is 0.358. The molecule has 1 aromatic rings. The number of para-hydroxylation sites is 1. The summed E-state index contributed by atoms with van der Waals surface area (Å²) in [5.41, 5.74) is -0.0207. The second-order valence-electron chi connectivity index (χ2n) is 3.63. The number of carboxylic acid groups (broad SMARTS) is 2. The standard InChI is InChI=1S/C11H10N2O6/c1-6-3-2-4-8(9(6)13(18)19)12-5-7(10(14)15)11(16)17/h2-5,7H,1H3,(H,14,15)(H,16,17). The zero-order valence-corrected chi connectivity index (χ0v) is 9.81. The Morgan fingerprint density at radius 2 is 1.95 bits per heavy atom. The van der Waals surface area contributed by atoms with Crippen LogP contribution in [0.2, 0.25) is 0 Å². The highest BCUT2D eigenvalue weighted by molar-refractivity contribution is 6.08. The van der Waals surface area contributed by atoms with E-state index >= 15 is 0 Å². The fourth-order valence-corrected chi connectivity index (χ4v) is 1.37. The normalized spacial score (nSPS) is 10.8. The van der Waals surface area contributed by atoms with E-state index in [0.717, 1.165) is 0 Å². The molecule has 0 spiro atoms. The van der Waals surface area contributed by atoms with Gasteiger partial charge in [-0.1, -0.05) is 12.1 Å². The number of benzene rings is 1. The molecule has 0 aliphatic carbocycles. The predicted molar refractivity (Wildman–Crippen MR) is 64.7 cm³/mol. The first-order chi connectivity index (χ1) is 8.84. The van der Waals surface area contributed by atoms with Crippen LogP contribution in [-0.2, 0) is 9.59 Å². The van der Waals surface area contributed by atoms with Crippen LogP contribution in [0.15, 0.2) is 23.2 Å². The van der Waals surface area contributed by atoms with E-state index in [0.29, 0.717) is 11.8 Å². The van der Waals surface area contributed by atoms with Crippen molar-refractivity contribution in [3.05, 3.63) is 33.9 Å². The summed E-state index contributed by atoms with van der Waals surface area (Å²) in [4.78, 5) is 35.1. The highest BCUT2D eigenvalue weighted by atomic mass is 16.6. The third kappa shape index (κ3) is 3.35. The monoisotopic (exact) mass is 266 g/mol. The minimum Gasteiger partial charge on any atom is -0.480 e. The van der Waals surface area contributed by atoms with Crippen molar-refractivity contribution < 1.29 is 24.7 Å². The molecule has 2 N–H and O–H groups in total. The van der Waals surface area contributed by atoms with Gasteiger partial charge in [0.2, 0.25) is 0 Å². The first-order valence-electron chi connectivity index (χ1n) is 5.08. The smallest absolute Gasteiger partial charge is 0.323 e. The summed E-state index contributed by atoms with van der Waals surface area (Å²) in [6.07, 6.45) is 0.659. The number of hydrogen-bond acceptors (Lipinski definition) is 5. The molecule has 8 heteroatoms. The number of rotatable bonds is 5. The third-order valence-electron chi connectivity index (χ3n) is 2.29. The van der Waals surface area contributed by atoms with Crippen LogP contribution < -0.4 is 0 Å². The molecule has 0 bridgehead atoms. The number of aryl methyl sites for hydroxylation is 1. The maximum atomic E-state index is 10.9. The van der Waals surface area contributed by atoms with Gasteiger partial charge in [0.25, 0.3) is 5.69 Å². The van der Waals surface area contributed by atoms with Crippen molar-refractivity contribution in [1.82, 2.24) is 0 Å². The molecule has 0 amide bonds. The fourth-order valence-electron chi connectivity index (χ4n) is 1.37. The summed E-state index contributed by atoms with van der Waals surface area (Å²) in [6, 6.07) is 4.32. The highest BCUT2D eigenvalue weighted by Gasteiger charge is 2.24. The van der Waals surface area contributed by atoms with E-state index in [1.165, 1.54) is 25.1 Å². The highest BCUT2D eigenvalue weighted by Crippen LogP contribution is 2.30. The molecule has 0 aliphatic heterocycles. The maximum absolute atomic E-state index is 10.9. The van der Waals surface area contributed by atoms with E-state index in [1.54, 1.807) is 0 Å². The summed E-state index contributed by atoms with van der Waals surface area (Å²) in [7, 11) is 0. The number of hydrogen-bond donors (Lipinski definition) is 2. The van der Waals surface area contributed by atoms with E-state index in [2.05, 4.69) is 4.99 Å². The summed E-state index contributed by atoms with van der Waals surface area (Å²) in [5.74, 6) is -5.03. The second kappa shape index (κ2) is 5.71. The van der Waals surface area contributed by atoms with Gasteiger partial charge in [0, 0.05) is 11.8 Å². The number of carbonyl (C=O) groups is 2. The number of aliphatic imine (C=N–C) groups is 1. The number of aliphatic carboxylic acids is 2. The van der Waals surface area contributed by atoms with Gasteiger partial charge >= 0.3 is 11.9 Å². The molecular weight excluding hydrogens is 256 g/mol. The van der Waals surface area contributed by atoms with Gasteiger partial charge in [-0.2, -0.15) is 0 Å². The van der Waals surface area contributed by atoms with Gasteiger partial charge < -0.3 is 10.2 Å². The topological polar surface area (TPSA) is 130 Å². The Morgan fingerprint density at radius 3 is 2.42 bits per heavy atom. The molecule has 0 radical (unpaired) electrons. The van der Waals surface area contributed by atoms with Gasteiger partial charge in [0.15, 0.2) is 5.92 Å². The van der Waals surface area contributed by atoms with Crippen molar-refractivity contribution >= 4 is 29.5 Å². The first kappa shape index (κ1) is 14.3. The van der Waals surface area contributed by atoms with E-state index in [-0.39, 0.29) is 11.4 Å². The van der Waals surface area contributed by atoms with Gasteiger partial charge in [-0.25, -0.2) is 0 Å². The van der Waals surface area contributed by atoms with Gasteiger partial charge in [-0.15, -0.1) is 0 Å². The van der Waals surface area contributed by atoms with E-state index in [1.807, 2.05) is 0 Å². The lowest BCUT2D eigenvalue weighted by Gasteiger charge is -2.02. The van der Waals surface area contributed by atoms with Gasteiger partial charge in [0.1, 0.15) is 5.69 Å². The predicted octanol–water partition coefficient (Wildman–Crippen LogP) is 1.39.